The SMILES string of the molecule is C1=C[C@H]2C[C@@H]1C[C@@H]2CN1CC2c3ccccc3C3CC2(C1)c1ccccc13. The highest BCUT2D eigenvalue weighted by Crippen LogP contribution is 2.63. The summed E-state index contributed by atoms with van der Waals surface area (Å²) in [5.74, 6) is 3.97. The molecule has 7 rings (SSSR count). The van der Waals surface area contributed by atoms with Crippen molar-refractivity contribution in [3.63, 3.8) is 0 Å². The number of fused-ring (bicyclic) bond motifs is 5. The molecule has 27 heavy (non-hydrogen) atoms. The topological polar surface area (TPSA) is 3.24 Å². The van der Waals surface area contributed by atoms with Crippen molar-refractivity contribution in [3.05, 3.63) is 82.9 Å². The summed E-state index contributed by atoms with van der Waals surface area (Å²) in [6.45, 7) is 3.85. The van der Waals surface area contributed by atoms with E-state index < -0.39 is 0 Å². The van der Waals surface area contributed by atoms with Crippen molar-refractivity contribution >= 4 is 0 Å². The number of nitrogens with zero attached hydrogens (tertiary/aromatic N) is 1. The summed E-state index contributed by atoms with van der Waals surface area (Å²) in [4.78, 5) is 2.85. The monoisotopic (exact) mass is 353 g/mol. The normalized spacial score (nSPS) is 40.2. The highest BCUT2D eigenvalue weighted by atomic mass is 15.2. The van der Waals surface area contributed by atoms with Crippen LogP contribution >= 0.6 is 0 Å². The van der Waals surface area contributed by atoms with Gasteiger partial charge in [-0.3, -0.25) is 0 Å². The van der Waals surface area contributed by atoms with Gasteiger partial charge >= 0.3 is 0 Å². The van der Waals surface area contributed by atoms with E-state index in [1.54, 1.807) is 22.3 Å². The van der Waals surface area contributed by atoms with Gasteiger partial charge in [-0.15, -0.1) is 0 Å². The molecule has 0 aromatic heterocycles. The molecule has 1 heteroatoms. The minimum Gasteiger partial charge on any atom is -0.301 e. The van der Waals surface area contributed by atoms with Crippen LogP contribution in [0.1, 0.15) is 53.4 Å². The quantitative estimate of drug-likeness (QED) is 0.680. The van der Waals surface area contributed by atoms with E-state index in [1.165, 1.54) is 38.9 Å². The minimum atomic E-state index is 0.364. The van der Waals surface area contributed by atoms with E-state index in [-0.39, 0.29) is 0 Å². The summed E-state index contributed by atoms with van der Waals surface area (Å²) in [5.41, 5.74) is 6.93. The Labute approximate surface area is 162 Å². The Hall–Kier alpha value is -1.86. The third-order valence-electron chi connectivity index (χ3n) is 8.71. The molecule has 1 spiro atoms. The second-order valence-corrected chi connectivity index (χ2v) is 9.92. The van der Waals surface area contributed by atoms with Crippen LogP contribution in [0.5, 0.6) is 0 Å². The molecular formula is C26H27N. The van der Waals surface area contributed by atoms with Crippen molar-refractivity contribution in [2.24, 2.45) is 17.8 Å². The lowest BCUT2D eigenvalue weighted by atomic mass is 9.65. The summed E-state index contributed by atoms with van der Waals surface area (Å²) in [6, 6.07) is 18.8. The maximum atomic E-state index is 2.85. The lowest BCUT2D eigenvalue weighted by Gasteiger charge is -2.37. The van der Waals surface area contributed by atoms with Gasteiger partial charge in [0.2, 0.25) is 0 Å². The molecular weight excluding hydrogens is 326 g/mol. The van der Waals surface area contributed by atoms with Crippen molar-refractivity contribution in [2.45, 2.75) is 36.5 Å². The molecule has 136 valence electrons. The fraction of sp³-hybridized carbons (Fsp3) is 0.462. The van der Waals surface area contributed by atoms with Crippen LogP contribution < -0.4 is 0 Å². The van der Waals surface area contributed by atoms with Crippen LogP contribution in [0.3, 0.4) is 0 Å². The average Bonchev–Trinajstić information content (AvgIpc) is 3.46. The first kappa shape index (κ1) is 15.1. The Balaban J connectivity index is 1.30. The molecule has 0 amide bonds. The zero-order valence-corrected chi connectivity index (χ0v) is 15.9. The molecule has 1 saturated heterocycles. The van der Waals surface area contributed by atoms with Crippen molar-refractivity contribution in [2.75, 3.05) is 19.6 Å². The molecule has 1 nitrogen and oxygen atoms in total. The zero-order chi connectivity index (χ0) is 17.6. The predicted octanol–water partition coefficient (Wildman–Crippen LogP) is 5.09. The number of hydrogen-bond donors (Lipinski definition) is 0. The van der Waals surface area contributed by atoms with Crippen molar-refractivity contribution in [1.82, 2.24) is 4.90 Å². The van der Waals surface area contributed by atoms with Gasteiger partial charge in [0.25, 0.3) is 0 Å². The third-order valence-corrected chi connectivity index (χ3v) is 8.71. The van der Waals surface area contributed by atoms with Gasteiger partial charge in [0.05, 0.1) is 0 Å². The fourth-order valence-electron chi connectivity index (χ4n) is 7.72. The van der Waals surface area contributed by atoms with Gasteiger partial charge < -0.3 is 4.90 Å². The highest BCUT2D eigenvalue weighted by Gasteiger charge is 2.58. The molecule has 4 aliphatic carbocycles. The molecule has 2 fully saturated rings. The molecule has 1 heterocycles. The molecule has 0 N–H and O–H groups in total. The second kappa shape index (κ2) is 5.14. The molecule has 4 bridgehead atoms. The van der Waals surface area contributed by atoms with Crippen molar-refractivity contribution in [1.29, 1.82) is 0 Å². The van der Waals surface area contributed by atoms with E-state index in [9.17, 15) is 0 Å². The van der Waals surface area contributed by atoms with Gasteiger partial charge in [0.15, 0.2) is 0 Å². The van der Waals surface area contributed by atoms with Gasteiger partial charge in [0.1, 0.15) is 0 Å². The number of hydrogen-bond acceptors (Lipinski definition) is 1. The Bertz CT molecular complexity index is 947. The van der Waals surface area contributed by atoms with Crippen LogP contribution in [0.15, 0.2) is 60.7 Å². The van der Waals surface area contributed by atoms with Gasteiger partial charge in [-0.25, -0.2) is 0 Å². The van der Waals surface area contributed by atoms with E-state index in [2.05, 4.69) is 65.6 Å². The summed E-state index contributed by atoms with van der Waals surface area (Å²) in [6.07, 6.45) is 9.21. The van der Waals surface area contributed by atoms with E-state index in [0.29, 0.717) is 17.3 Å². The van der Waals surface area contributed by atoms with E-state index in [4.69, 9.17) is 0 Å². The Kier molecular flexibility index (Phi) is 2.88. The number of benzene rings is 2. The summed E-state index contributed by atoms with van der Waals surface area (Å²) < 4.78 is 0. The van der Waals surface area contributed by atoms with Gasteiger partial charge in [0, 0.05) is 36.9 Å². The van der Waals surface area contributed by atoms with Gasteiger partial charge in [-0.05, 0) is 59.3 Å². The number of rotatable bonds is 2. The first-order valence-electron chi connectivity index (χ1n) is 10.9. The zero-order valence-electron chi connectivity index (χ0n) is 15.9. The Morgan fingerprint density at radius 3 is 2.52 bits per heavy atom. The summed E-state index contributed by atoms with van der Waals surface area (Å²) >= 11 is 0. The van der Waals surface area contributed by atoms with Crippen LogP contribution in [0.25, 0.3) is 0 Å². The van der Waals surface area contributed by atoms with E-state index in [1.807, 2.05) is 0 Å². The van der Waals surface area contributed by atoms with Crippen LogP contribution in [-0.4, -0.2) is 24.5 Å². The number of likely N-dealkylation sites (tertiary alicyclic amines) is 1. The Morgan fingerprint density at radius 1 is 0.889 bits per heavy atom. The first-order valence-corrected chi connectivity index (χ1v) is 10.9. The Morgan fingerprint density at radius 2 is 1.70 bits per heavy atom. The molecule has 1 saturated carbocycles. The van der Waals surface area contributed by atoms with Gasteiger partial charge in [-0.1, -0.05) is 60.7 Å². The minimum absolute atomic E-state index is 0.364. The van der Waals surface area contributed by atoms with Crippen LogP contribution in [-0.2, 0) is 5.41 Å². The van der Waals surface area contributed by atoms with Crippen LogP contribution in [0, 0.1) is 17.8 Å². The predicted molar refractivity (Wildman–Crippen MR) is 109 cm³/mol. The molecule has 1 aliphatic heterocycles. The first-order chi connectivity index (χ1) is 13.3. The maximum absolute atomic E-state index is 2.85. The lowest BCUT2D eigenvalue weighted by Crippen LogP contribution is -2.36. The van der Waals surface area contributed by atoms with Crippen LogP contribution in [0.2, 0.25) is 0 Å². The average molecular weight is 354 g/mol. The largest absolute Gasteiger partial charge is 0.301 e. The highest BCUT2D eigenvalue weighted by molar-refractivity contribution is 5.58. The van der Waals surface area contributed by atoms with Crippen LogP contribution in [0.4, 0.5) is 0 Å². The summed E-state index contributed by atoms with van der Waals surface area (Å²) in [5, 5.41) is 0. The summed E-state index contributed by atoms with van der Waals surface area (Å²) in [7, 11) is 0. The third kappa shape index (κ3) is 1.89. The molecule has 2 aromatic rings. The molecule has 2 aromatic carbocycles. The second-order valence-electron chi connectivity index (χ2n) is 9.92. The lowest BCUT2D eigenvalue weighted by molar-refractivity contribution is 0.240. The number of allylic oxidation sites excluding steroid dienone is 2. The molecule has 3 unspecified atom stereocenters. The van der Waals surface area contributed by atoms with Crippen molar-refractivity contribution in [3.8, 4) is 0 Å². The molecule has 0 radical (unpaired) electrons. The molecule has 6 atom stereocenters. The van der Waals surface area contributed by atoms with Crippen molar-refractivity contribution < 1.29 is 0 Å². The van der Waals surface area contributed by atoms with Gasteiger partial charge in [-0.2, -0.15) is 0 Å². The van der Waals surface area contributed by atoms with E-state index in [0.717, 1.165) is 17.8 Å². The van der Waals surface area contributed by atoms with E-state index >= 15 is 0 Å². The molecule has 5 aliphatic rings. The maximum Gasteiger partial charge on any atom is 0.0173 e. The smallest absolute Gasteiger partial charge is 0.0173 e. The standard InChI is InChI=1S/C26H27N/c1-2-6-21-20(5-1)23-13-26(24-8-4-3-7-22(23)24)16-27(15-25(21)26)14-19-12-17-9-10-18(19)11-17/h1-10,17-19,23,25H,11-16H2/t17-,18+,19-,23?,25?,26?/m1/s1. The fourth-order valence-corrected chi connectivity index (χ4v) is 7.72.